The van der Waals surface area contributed by atoms with Gasteiger partial charge in [0.25, 0.3) is 0 Å². The van der Waals surface area contributed by atoms with Crippen LogP contribution >= 0.6 is 0 Å². The molecule has 0 saturated carbocycles. The lowest BCUT2D eigenvalue weighted by Crippen LogP contribution is -2.58. The van der Waals surface area contributed by atoms with Crippen molar-refractivity contribution in [1.82, 2.24) is 10.2 Å². The molecule has 0 unspecified atom stereocenters. The van der Waals surface area contributed by atoms with Gasteiger partial charge in [0.15, 0.2) is 0 Å². The third-order valence-corrected chi connectivity index (χ3v) is 4.59. The molecule has 0 saturated heterocycles. The number of carbonyl (C=O) groups is 1. The van der Waals surface area contributed by atoms with Gasteiger partial charge in [-0.2, -0.15) is 0 Å². The van der Waals surface area contributed by atoms with Gasteiger partial charge in [0.05, 0.1) is 12.1 Å². The van der Waals surface area contributed by atoms with Crippen molar-refractivity contribution in [2.24, 2.45) is 0 Å². The van der Waals surface area contributed by atoms with Gasteiger partial charge >= 0.3 is 6.09 Å². The maximum absolute atomic E-state index is 13.0. The van der Waals surface area contributed by atoms with E-state index in [2.05, 4.69) is 5.32 Å². The third-order valence-electron chi connectivity index (χ3n) is 4.59. The van der Waals surface area contributed by atoms with Crippen molar-refractivity contribution in [2.75, 3.05) is 6.54 Å². The fourth-order valence-corrected chi connectivity index (χ4v) is 3.28. The van der Waals surface area contributed by atoms with E-state index in [-0.39, 0.29) is 12.4 Å². The molecule has 0 aliphatic heterocycles. The van der Waals surface area contributed by atoms with Gasteiger partial charge in [-0.15, -0.1) is 0 Å². The van der Waals surface area contributed by atoms with Crippen molar-refractivity contribution >= 4 is 6.09 Å². The molecular weight excluding hydrogens is 359 g/mol. The second kappa shape index (κ2) is 9.66. The van der Waals surface area contributed by atoms with Crippen molar-refractivity contribution in [1.29, 1.82) is 0 Å². The molecule has 2 atom stereocenters. The molecule has 5 nitrogen and oxygen atoms in total. The van der Waals surface area contributed by atoms with Gasteiger partial charge in [0.1, 0.15) is 5.82 Å². The summed E-state index contributed by atoms with van der Waals surface area (Å²) in [4.78, 5) is 13.3. The predicted molar refractivity (Wildman–Crippen MR) is 108 cm³/mol. The zero-order valence-corrected chi connectivity index (χ0v) is 16.6. The Bertz CT molecular complexity index is 745. The first-order valence-electron chi connectivity index (χ1n) is 9.38. The molecule has 0 fully saturated rings. The first-order chi connectivity index (χ1) is 13.2. The summed E-state index contributed by atoms with van der Waals surface area (Å²) in [7, 11) is 0. The predicted octanol–water partition coefficient (Wildman–Crippen LogP) is 3.67. The highest BCUT2D eigenvalue weighted by Gasteiger charge is 2.37. The van der Waals surface area contributed by atoms with Gasteiger partial charge in [-0.05, 0) is 50.5 Å². The minimum absolute atomic E-state index is 0.217. The van der Waals surface area contributed by atoms with Crippen LogP contribution in [0.3, 0.4) is 0 Å². The maximum atomic E-state index is 13.0. The number of hydrogen-bond donors (Lipinski definition) is 3. The molecule has 152 valence electrons. The van der Waals surface area contributed by atoms with Crippen molar-refractivity contribution in [3.63, 3.8) is 0 Å². The SMILES string of the molecule is CC(C)(C)N(C(=O)O)[C@@H](Cc1ccccc1)[C@H](O)CNCc1ccc(F)cc1. The standard InChI is InChI=1S/C22H29FN2O3/c1-22(2,3)25(21(27)28)19(13-16-7-5-4-6-8-16)20(26)15-24-14-17-9-11-18(23)12-10-17/h4-12,19-20,24,26H,13-15H2,1-3H3,(H,27,28)/t19-,20+/m0/s1. The van der Waals surface area contributed by atoms with Crippen LogP contribution in [0, 0.1) is 5.82 Å². The highest BCUT2D eigenvalue weighted by Crippen LogP contribution is 2.22. The summed E-state index contributed by atoms with van der Waals surface area (Å²) in [6.45, 7) is 6.13. The zero-order chi connectivity index (χ0) is 20.7. The van der Waals surface area contributed by atoms with Crippen LogP contribution in [0.25, 0.3) is 0 Å². The molecule has 0 aliphatic carbocycles. The summed E-state index contributed by atoms with van der Waals surface area (Å²) in [5.74, 6) is -0.297. The van der Waals surface area contributed by atoms with Gasteiger partial charge < -0.3 is 15.5 Å². The highest BCUT2D eigenvalue weighted by molar-refractivity contribution is 5.66. The third kappa shape index (κ3) is 6.32. The number of aliphatic hydroxyl groups is 1. The molecule has 2 rings (SSSR count). The van der Waals surface area contributed by atoms with E-state index in [1.807, 2.05) is 51.1 Å². The first-order valence-corrected chi connectivity index (χ1v) is 9.38. The average Bonchev–Trinajstić information content (AvgIpc) is 2.62. The van der Waals surface area contributed by atoms with E-state index in [0.29, 0.717) is 13.0 Å². The number of benzene rings is 2. The summed E-state index contributed by atoms with van der Waals surface area (Å²) >= 11 is 0. The summed E-state index contributed by atoms with van der Waals surface area (Å²) in [5.41, 5.74) is 1.18. The van der Waals surface area contributed by atoms with Crippen LogP contribution in [-0.2, 0) is 13.0 Å². The maximum Gasteiger partial charge on any atom is 0.408 e. The number of rotatable bonds is 8. The topological polar surface area (TPSA) is 72.8 Å². The van der Waals surface area contributed by atoms with Gasteiger partial charge in [-0.25, -0.2) is 9.18 Å². The number of halogens is 1. The molecule has 0 heterocycles. The Hall–Kier alpha value is -2.44. The molecule has 0 aromatic heterocycles. The molecule has 6 heteroatoms. The fourth-order valence-electron chi connectivity index (χ4n) is 3.28. The van der Waals surface area contributed by atoms with E-state index in [1.165, 1.54) is 17.0 Å². The van der Waals surface area contributed by atoms with Gasteiger partial charge in [0.2, 0.25) is 0 Å². The summed E-state index contributed by atoms with van der Waals surface area (Å²) in [5, 5.41) is 23.8. The lowest BCUT2D eigenvalue weighted by molar-refractivity contribution is 0.00770. The van der Waals surface area contributed by atoms with Gasteiger partial charge in [-0.1, -0.05) is 42.5 Å². The number of nitrogens with zero attached hydrogens (tertiary/aromatic N) is 1. The van der Waals surface area contributed by atoms with Crippen LogP contribution in [0.15, 0.2) is 54.6 Å². The summed E-state index contributed by atoms with van der Waals surface area (Å²) in [6, 6.07) is 15.1. The molecule has 28 heavy (non-hydrogen) atoms. The van der Waals surface area contributed by atoms with Crippen LogP contribution in [0.4, 0.5) is 9.18 Å². The molecule has 0 bridgehead atoms. The summed E-state index contributed by atoms with van der Waals surface area (Å²) in [6.07, 6.45) is -1.56. The molecule has 0 aliphatic rings. The highest BCUT2D eigenvalue weighted by atomic mass is 19.1. The second-order valence-electron chi connectivity index (χ2n) is 7.91. The van der Waals surface area contributed by atoms with Crippen LogP contribution < -0.4 is 5.32 Å². The number of hydrogen-bond acceptors (Lipinski definition) is 3. The van der Waals surface area contributed by atoms with Gasteiger partial charge in [-0.3, -0.25) is 4.90 Å². The minimum Gasteiger partial charge on any atom is -0.465 e. The zero-order valence-electron chi connectivity index (χ0n) is 16.6. The number of nitrogens with one attached hydrogen (secondary N) is 1. The van der Waals surface area contributed by atoms with Crippen molar-refractivity contribution in [2.45, 2.75) is 51.4 Å². The van der Waals surface area contributed by atoms with Crippen LogP contribution in [0.2, 0.25) is 0 Å². The van der Waals surface area contributed by atoms with E-state index in [1.54, 1.807) is 12.1 Å². The minimum atomic E-state index is -1.06. The molecule has 0 spiro atoms. The molecular formula is C22H29FN2O3. The Labute approximate surface area is 165 Å². The molecule has 2 aromatic carbocycles. The Kier molecular flexibility index (Phi) is 7.54. The van der Waals surface area contributed by atoms with E-state index in [9.17, 15) is 19.4 Å². The largest absolute Gasteiger partial charge is 0.465 e. The van der Waals surface area contributed by atoms with E-state index in [4.69, 9.17) is 0 Å². The van der Waals surface area contributed by atoms with Crippen LogP contribution in [0.1, 0.15) is 31.9 Å². The quantitative estimate of drug-likeness (QED) is 0.645. The van der Waals surface area contributed by atoms with E-state index in [0.717, 1.165) is 11.1 Å². The average molecular weight is 388 g/mol. The fraction of sp³-hybridized carbons (Fsp3) is 0.409. The Morgan fingerprint density at radius 2 is 1.68 bits per heavy atom. The molecule has 2 aromatic rings. The normalized spacial score (nSPS) is 13.8. The lowest BCUT2D eigenvalue weighted by atomic mass is 9.94. The first kappa shape index (κ1) is 21.9. The van der Waals surface area contributed by atoms with E-state index < -0.39 is 23.8 Å². The smallest absolute Gasteiger partial charge is 0.408 e. The molecule has 0 radical (unpaired) electrons. The van der Waals surface area contributed by atoms with Gasteiger partial charge in [0, 0.05) is 18.6 Å². The Morgan fingerprint density at radius 1 is 1.07 bits per heavy atom. The molecule has 3 N–H and O–H groups in total. The van der Waals surface area contributed by atoms with Crippen molar-refractivity contribution in [3.05, 3.63) is 71.5 Å². The Balaban J connectivity index is 2.12. The number of aliphatic hydroxyl groups excluding tert-OH is 1. The summed E-state index contributed by atoms with van der Waals surface area (Å²) < 4.78 is 13.0. The number of amides is 1. The Morgan fingerprint density at radius 3 is 2.21 bits per heavy atom. The van der Waals surface area contributed by atoms with Crippen molar-refractivity contribution in [3.8, 4) is 0 Å². The lowest BCUT2D eigenvalue weighted by Gasteiger charge is -2.42. The van der Waals surface area contributed by atoms with E-state index >= 15 is 0 Å². The van der Waals surface area contributed by atoms with Crippen LogP contribution in [-0.4, -0.2) is 45.4 Å². The van der Waals surface area contributed by atoms with Crippen molar-refractivity contribution < 1.29 is 19.4 Å². The number of carboxylic acid groups (broad SMARTS) is 1. The van der Waals surface area contributed by atoms with Crippen LogP contribution in [0.5, 0.6) is 0 Å². The second-order valence-corrected chi connectivity index (χ2v) is 7.91. The molecule has 1 amide bonds. The monoisotopic (exact) mass is 388 g/mol.